The molecule has 0 aromatic carbocycles. The minimum atomic E-state index is -1.85. The van der Waals surface area contributed by atoms with E-state index >= 15 is 0 Å². The summed E-state index contributed by atoms with van der Waals surface area (Å²) < 4.78 is 38.3. The highest BCUT2D eigenvalue weighted by Gasteiger charge is 2.54. The molecule has 18 heteroatoms. The zero-order valence-electron chi connectivity index (χ0n) is 23.0. The lowest BCUT2D eigenvalue weighted by atomic mass is 9.96. The second-order valence-corrected chi connectivity index (χ2v) is 11.1. The van der Waals surface area contributed by atoms with Crippen LogP contribution in [0.25, 0.3) is 0 Å². The van der Waals surface area contributed by atoms with Gasteiger partial charge in [0.15, 0.2) is 25.2 Å². The highest BCUT2D eigenvalue weighted by atomic mass is 16.8. The lowest BCUT2D eigenvalue weighted by Crippen LogP contribution is -2.66. The summed E-state index contributed by atoms with van der Waals surface area (Å²) in [5.74, 6) is 0. The van der Waals surface area contributed by atoms with Gasteiger partial charge in [-0.25, -0.2) is 0 Å². The van der Waals surface area contributed by atoms with E-state index in [2.05, 4.69) is 0 Å². The van der Waals surface area contributed by atoms with E-state index in [1.54, 1.807) is 0 Å². The smallest absolute Gasteiger partial charge is 0.187 e. The molecule has 4 rings (SSSR count). The van der Waals surface area contributed by atoms with Crippen LogP contribution in [0.1, 0.15) is 20.8 Å². The predicted molar refractivity (Wildman–Crippen MR) is 130 cm³/mol. The fourth-order valence-electron chi connectivity index (χ4n) is 5.36. The molecule has 11 N–H and O–H groups in total. The van der Waals surface area contributed by atoms with Crippen LogP contribution in [0.15, 0.2) is 0 Å². The van der Waals surface area contributed by atoms with Crippen molar-refractivity contribution in [1.29, 1.82) is 0 Å². The molecule has 246 valence electrons. The van der Waals surface area contributed by atoms with Gasteiger partial charge in [0.2, 0.25) is 0 Å². The number of ether oxygens (including phenoxy) is 7. The molecule has 42 heavy (non-hydrogen) atoms. The molecule has 18 nitrogen and oxygen atoms in total. The van der Waals surface area contributed by atoms with Gasteiger partial charge in [-0.3, -0.25) is 0 Å². The zero-order valence-corrected chi connectivity index (χ0v) is 23.0. The molecule has 0 bridgehead atoms. The summed E-state index contributed by atoms with van der Waals surface area (Å²) >= 11 is 0. The third-order valence-electron chi connectivity index (χ3n) is 8.09. The normalized spacial score (nSPS) is 55.9. The average molecular weight is 619 g/mol. The van der Waals surface area contributed by atoms with Gasteiger partial charge in [-0.2, -0.15) is 0 Å². The van der Waals surface area contributed by atoms with Crippen LogP contribution >= 0.6 is 0 Å². The van der Waals surface area contributed by atoms with Crippen LogP contribution in [0.3, 0.4) is 0 Å². The number of hydrogen-bond donors (Lipinski definition) is 11. The molecule has 4 saturated heterocycles. The standard InChI is InChI=1S/C24H42O18/c1-5-9(26)13(30)14(31)22(36-5)40-18-10(27)6(2)37-23(16(18)33)41-19-11(28)7(3)38-24(17(19)34)42-20-12(29)8(4-25)39-21(35)15(20)32/h5-35H,4H2,1-3H3/t5-,6-,7-,8+,9-,10-,11-,12-,13+,14+,15+,16+,17+,18+,19+,20-,21+,22-,23-,24-/m0/s1. The fraction of sp³-hybridized carbons (Fsp3) is 1.00. The first-order valence-corrected chi connectivity index (χ1v) is 13.7. The number of aliphatic hydroxyl groups excluding tert-OH is 11. The maximum atomic E-state index is 11.0. The Balaban J connectivity index is 1.48. The molecule has 0 aliphatic carbocycles. The van der Waals surface area contributed by atoms with Gasteiger partial charge in [0.1, 0.15) is 79.4 Å². The van der Waals surface area contributed by atoms with E-state index in [-0.39, 0.29) is 0 Å². The Morgan fingerprint density at radius 2 is 0.810 bits per heavy atom. The van der Waals surface area contributed by atoms with Gasteiger partial charge in [0, 0.05) is 0 Å². The van der Waals surface area contributed by atoms with E-state index in [0.29, 0.717) is 0 Å². The van der Waals surface area contributed by atoms with Crippen LogP contribution in [0.4, 0.5) is 0 Å². The van der Waals surface area contributed by atoms with Gasteiger partial charge in [-0.05, 0) is 20.8 Å². The quantitative estimate of drug-likeness (QED) is 0.126. The summed E-state index contributed by atoms with van der Waals surface area (Å²) in [6, 6.07) is 0. The number of rotatable bonds is 7. The zero-order chi connectivity index (χ0) is 31.2. The molecule has 0 saturated carbocycles. The largest absolute Gasteiger partial charge is 0.394 e. The van der Waals surface area contributed by atoms with Gasteiger partial charge < -0.3 is 89.3 Å². The fourth-order valence-corrected chi connectivity index (χ4v) is 5.36. The van der Waals surface area contributed by atoms with E-state index in [0.717, 1.165) is 0 Å². The molecule has 4 aliphatic rings. The van der Waals surface area contributed by atoms with Crippen molar-refractivity contribution in [1.82, 2.24) is 0 Å². The maximum absolute atomic E-state index is 11.0. The Kier molecular flexibility index (Phi) is 11.2. The first-order chi connectivity index (χ1) is 19.7. The van der Waals surface area contributed by atoms with Crippen LogP contribution in [0.5, 0.6) is 0 Å². The van der Waals surface area contributed by atoms with Crippen molar-refractivity contribution in [2.45, 2.75) is 144 Å². The highest BCUT2D eigenvalue weighted by Crippen LogP contribution is 2.34. The van der Waals surface area contributed by atoms with E-state index in [4.69, 9.17) is 33.2 Å². The topological polar surface area (TPSA) is 287 Å². The summed E-state index contributed by atoms with van der Waals surface area (Å²) in [5.41, 5.74) is 0. The summed E-state index contributed by atoms with van der Waals surface area (Å²) in [7, 11) is 0. The minimum Gasteiger partial charge on any atom is -0.394 e. The maximum Gasteiger partial charge on any atom is 0.187 e. The molecule has 0 amide bonds. The summed E-state index contributed by atoms with van der Waals surface area (Å²) in [4.78, 5) is 0. The molecule has 0 aromatic heterocycles. The van der Waals surface area contributed by atoms with Crippen LogP contribution < -0.4 is 0 Å². The molecular weight excluding hydrogens is 576 g/mol. The Morgan fingerprint density at radius 3 is 1.24 bits per heavy atom. The Morgan fingerprint density at radius 1 is 0.429 bits per heavy atom. The van der Waals surface area contributed by atoms with E-state index in [1.165, 1.54) is 20.8 Å². The molecule has 4 fully saturated rings. The molecular formula is C24H42O18. The molecule has 0 spiro atoms. The summed E-state index contributed by atoms with van der Waals surface area (Å²) in [5, 5.41) is 114. The molecule has 20 atom stereocenters. The van der Waals surface area contributed by atoms with E-state index in [9.17, 15) is 56.2 Å². The van der Waals surface area contributed by atoms with Crippen molar-refractivity contribution < 1.29 is 89.3 Å². The van der Waals surface area contributed by atoms with Crippen molar-refractivity contribution in [3.63, 3.8) is 0 Å². The first kappa shape index (κ1) is 34.2. The second kappa shape index (κ2) is 13.7. The van der Waals surface area contributed by atoms with Gasteiger partial charge >= 0.3 is 0 Å². The number of aliphatic hydroxyl groups is 11. The van der Waals surface area contributed by atoms with Gasteiger partial charge in [0.25, 0.3) is 0 Å². The number of hydrogen-bond acceptors (Lipinski definition) is 18. The van der Waals surface area contributed by atoms with Crippen LogP contribution in [-0.2, 0) is 33.2 Å². The van der Waals surface area contributed by atoms with Crippen LogP contribution in [0.2, 0.25) is 0 Å². The van der Waals surface area contributed by atoms with Gasteiger partial charge in [-0.1, -0.05) is 0 Å². The van der Waals surface area contributed by atoms with Crippen molar-refractivity contribution in [2.75, 3.05) is 6.61 Å². The third kappa shape index (κ3) is 6.62. The van der Waals surface area contributed by atoms with Gasteiger partial charge in [0.05, 0.1) is 24.9 Å². The first-order valence-electron chi connectivity index (χ1n) is 13.7. The molecule has 0 aromatic rings. The van der Waals surface area contributed by atoms with Crippen molar-refractivity contribution in [2.24, 2.45) is 0 Å². The lowest BCUT2D eigenvalue weighted by molar-refractivity contribution is -0.385. The average Bonchev–Trinajstić information content (AvgIpc) is 2.95. The third-order valence-corrected chi connectivity index (χ3v) is 8.09. The molecule has 4 heterocycles. The highest BCUT2D eigenvalue weighted by molar-refractivity contribution is 4.96. The molecule has 0 radical (unpaired) electrons. The summed E-state index contributed by atoms with van der Waals surface area (Å²) in [6.07, 6.45) is -31.0. The Labute approximate surface area is 240 Å². The van der Waals surface area contributed by atoms with Gasteiger partial charge in [-0.15, -0.1) is 0 Å². The Hall–Kier alpha value is -0.720. The second-order valence-electron chi connectivity index (χ2n) is 11.1. The van der Waals surface area contributed by atoms with Crippen molar-refractivity contribution in [3.05, 3.63) is 0 Å². The molecule has 0 unspecified atom stereocenters. The Bertz CT molecular complexity index is 869. The van der Waals surface area contributed by atoms with E-state index in [1.807, 2.05) is 0 Å². The SMILES string of the molecule is C[C@@H]1O[C@@H](O[C@@H]2[C@@H](O)[C@H](C)O[C@@H](O[C@@H]3[C@@H](O)[C@H](C)O[C@@H](O[C@@H]4[C@@H](O)[C@H](O)O[C@H](CO)[C@@H]4O)[C@@H]3O)[C@@H]2O)[C@H](O)[C@H](O)[C@H]1O. The lowest BCUT2D eigenvalue weighted by Gasteiger charge is -2.48. The van der Waals surface area contributed by atoms with Crippen LogP contribution in [-0.4, -0.2) is 186 Å². The molecule has 4 aliphatic heterocycles. The van der Waals surface area contributed by atoms with E-state index < -0.39 is 129 Å². The monoisotopic (exact) mass is 618 g/mol. The minimum absolute atomic E-state index is 0.731. The van der Waals surface area contributed by atoms with Crippen LogP contribution in [0, 0.1) is 0 Å². The van der Waals surface area contributed by atoms with Crippen molar-refractivity contribution in [3.8, 4) is 0 Å². The van der Waals surface area contributed by atoms with Crippen molar-refractivity contribution >= 4 is 0 Å². The summed E-state index contributed by atoms with van der Waals surface area (Å²) in [6.45, 7) is 3.48. The predicted octanol–water partition coefficient (Wildman–Crippen LogP) is -6.67.